The molecule has 4 nitrogen and oxygen atoms in total. The van der Waals surface area contributed by atoms with Crippen molar-refractivity contribution in [3.8, 4) is 0 Å². The predicted octanol–water partition coefficient (Wildman–Crippen LogP) is 3.22. The molecule has 0 heterocycles. The van der Waals surface area contributed by atoms with E-state index in [4.69, 9.17) is 10.8 Å². The monoisotopic (exact) mass is 304 g/mol. The summed E-state index contributed by atoms with van der Waals surface area (Å²) in [6, 6.07) is 7.03. The number of benzene rings is 1. The molecule has 4 N–H and O–H groups in total. The van der Waals surface area contributed by atoms with Gasteiger partial charge in [0.15, 0.2) is 0 Å². The molecule has 0 amide bonds. The smallest absolute Gasteiger partial charge is 0.325 e. The summed E-state index contributed by atoms with van der Waals surface area (Å²) in [5.41, 5.74) is 7.45. The number of rotatable bonds is 7. The molecule has 2 unspecified atom stereocenters. The molecule has 0 bridgehead atoms. The Balaban J connectivity index is 1.89. The number of hydrogen-bond donors (Lipinski definition) is 3. The van der Waals surface area contributed by atoms with E-state index in [1.807, 2.05) is 24.3 Å². The molecule has 0 radical (unpaired) electrons. The lowest BCUT2D eigenvalue weighted by atomic mass is 9.85. The number of carboxylic acid groups (broad SMARTS) is 1. The Kier molecular flexibility index (Phi) is 6.40. The highest BCUT2D eigenvalue weighted by atomic mass is 16.4. The molecule has 1 aromatic carbocycles. The summed E-state index contributed by atoms with van der Waals surface area (Å²) in [5.74, 6) is -0.143. The van der Waals surface area contributed by atoms with E-state index in [1.54, 1.807) is 0 Å². The molecule has 22 heavy (non-hydrogen) atoms. The normalized spacial score (nSPS) is 18.8. The Hall–Kier alpha value is -1.39. The minimum absolute atomic E-state index is 0.442. The third-order valence-electron chi connectivity index (χ3n) is 4.71. The van der Waals surface area contributed by atoms with Crippen LogP contribution in [0, 0.1) is 5.92 Å². The first-order chi connectivity index (χ1) is 10.6. The summed E-state index contributed by atoms with van der Waals surface area (Å²) in [6.45, 7) is 2.89. The second kappa shape index (κ2) is 8.30. The molecule has 0 saturated heterocycles. The number of hydrogen-bond acceptors (Lipinski definition) is 3. The van der Waals surface area contributed by atoms with Gasteiger partial charge in [-0.1, -0.05) is 56.4 Å². The fourth-order valence-corrected chi connectivity index (χ4v) is 3.42. The van der Waals surface area contributed by atoms with E-state index in [2.05, 4.69) is 12.2 Å². The summed E-state index contributed by atoms with van der Waals surface area (Å²) in [6.07, 6.45) is 8.03. The van der Waals surface area contributed by atoms with Gasteiger partial charge in [-0.15, -0.1) is 0 Å². The number of nitrogens with one attached hydrogen (secondary N) is 1. The zero-order valence-electron chi connectivity index (χ0n) is 13.4. The van der Waals surface area contributed by atoms with Gasteiger partial charge in [0.25, 0.3) is 0 Å². The Morgan fingerprint density at radius 1 is 1.32 bits per heavy atom. The number of aliphatic carboxylic acids is 1. The molecule has 0 aromatic heterocycles. The molecule has 2 atom stereocenters. The Morgan fingerprint density at radius 2 is 2.00 bits per heavy atom. The Morgan fingerprint density at radius 3 is 2.68 bits per heavy atom. The van der Waals surface area contributed by atoms with Gasteiger partial charge in [0.1, 0.15) is 6.04 Å². The molecule has 2 rings (SSSR count). The summed E-state index contributed by atoms with van der Waals surface area (Å²) in [4.78, 5) is 11.1. The maximum Gasteiger partial charge on any atom is 0.325 e. The minimum Gasteiger partial charge on any atom is -0.480 e. The highest BCUT2D eigenvalue weighted by Crippen LogP contribution is 2.27. The van der Waals surface area contributed by atoms with Crippen LogP contribution < -0.4 is 11.1 Å². The molecular weight excluding hydrogens is 276 g/mol. The van der Waals surface area contributed by atoms with Gasteiger partial charge in [-0.2, -0.15) is 0 Å². The maximum absolute atomic E-state index is 11.1. The van der Waals surface area contributed by atoms with Crippen LogP contribution in [0.4, 0.5) is 0 Å². The molecule has 1 aliphatic carbocycles. The highest BCUT2D eigenvalue weighted by molar-refractivity contribution is 5.75. The molecule has 1 aliphatic rings. The average molecular weight is 304 g/mol. The van der Waals surface area contributed by atoms with Crippen molar-refractivity contribution in [3.05, 3.63) is 35.4 Å². The molecular formula is C18H28N2O2. The lowest BCUT2D eigenvalue weighted by Crippen LogP contribution is -2.30. The molecule has 4 heteroatoms. The van der Waals surface area contributed by atoms with Crippen molar-refractivity contribution in [3.63, 3.8) is 0 Å². The van der Waals surface area contributed by atoms with Gasteiger partial charge in [0.2, 0.25) is 0 Å². The van der Waals surface area contributed by atoms with Crippen LogP contribution >= 0.6 is 0 Å². The predicted molar refractivity (Wildman–Crippen MR) is 88.5 cm³/mol. The van der Waals surface area contributed by atoms with E-state index in [0.29, 0.717) is 18.2 Å². The van der Waals surface area contributed by atoms with E-state index in [9.17, 15) is 4.79 Å². The van der Waals surface area contributed by atoms with Crippen molar-refractivity contribution >= 4 is 5.97 Å². The van der Waals surface area contributed by atoms with Crippen molar-refractivity contribution in [2.75, 3.05) is 0 Å². The zero-order chi connectivity index (χ0) is 15.9. The summed E-state index contributed by atoms with van der Waals surface area (Å²) in [5, 5.41) is 12.6. The van der Waals surface area contributed by atoms with Crippen molar-refractivity contribution in [1.29, 1.82) is 0 Å². The summed E-state index contributed by atoms with van der Waals surface area (Å²) in [7, 11) is 0. The van der Waals surface area contributed by atoms with E-state index >= 15 is 0 Å². The van der Waals surface area contributed by atoms with Crippen molar-refractivity contribution in [1.82, 2.24) is 5.32 Å². The largest absolute Gasteiger partial charge is 0.480 e. The maximum atomic E-state index is 11.1. The topological polar surface area (TPSA) is 75.3 Å². The van der Waals surface area contributed by atoms with Crippen LogP contribution in [0.3, 0.4) is 0 Å². The first kappa shape index (κ1) is 17.0. The van der Waals surface area contributed by atoms with Gasteiger partial charge < -0.3 is 16.2 Å². The number of nitrogens with two attached hydrogens (primary N) is 1. The van der Waals surface area contributed by atoms with Crippen LogP contribution in [0.25, 0.3) is 0 Å². The van der Waals surface area contributed by atoms with Gasteiger partial charge in [0.05, 0.1) is 0 Å². The number of carbonyl (C=O) groups is 1. The average Bonchev–Trinajstić information content (AvgIpc) is 2.53. The van der Waals surface area contributed by atoms with Crippen LogP contribution in [-0.2, 0) is 11.3 Å². The first-order valence-corrected chi connectivity index (χ1v) is 8.37. The van der Waals surface area contributed by atoms with Crippen molar-refractivity contribution in [2.45, 2.75) is 64.1 Å². The van der Waals surface area contributed by atoms with Crippen LogP contribution in [0.2, 0.25) is 0 Å². The van der Waals surface area contributed by atoms with Crippen molar-refractivity contribution < 1.29 is 9.90 Å². The van der Waals surface area contributed by atoms with Gasteiger partial charge in [-0.3, -0.25) is 4.79 Å². The quantitative estimate of drug-likeness (QED) is 0.723. The van der Waals surface area contributed by atoms with Gasteiger partial charge >= 0.3 is 5.97 Å². The van der Waals surface area contributed by atoms with Crippen LogP contribution in [0.5, 0.6) is 0 Å². The lowest BCUT2D eigenvalue weighted by Gasteiger charge is -2.25. The highest BCUT2D eigenvalue weighted by Gasteiger charge is 2.19. The molecule has 1 saturated carbocycles. The van der Waals surface area contributed by atoms with Crippen LogP contribution in [0.15, 0.2) is 24.3 Å². The SMILES string of the molecule is CC(CC1CCCCC1)NCc1ccccc1C(N)C(=O)O. The second-order valence-electron chi connectivity index (χ2n) is 6.54. The van der Waals surface area contributed by atoms with Crippen LogP contribution in [0.1, 0.15) is 62.6 Å². The van der Waals surface area contributed by atoms with E-state index in [0.717, 1.165) is 11.5 Å². The lowest BCUT2D eigenvalue weighted by molar-refractivity contribution is -0.138. The van der Waals surface area contributed by atoms with Gasteiger partial charge in [-0.25, -0.2) is 0 Å². The fourth-order valence-electron chi connectivity index (χ4n) is 3.42. The summed E-state index contributed by atoms with van der Waals surface area (Å²) >= 11 is 0. The molecule has 1 aromatic rings. The van der Waals surface area contributed by atoms with Gasteiger partial charge in [-0.05, 0) is 30.4 Å². The second-order valence-corrected chi connectivity index (χ2v) is 6.54. The van der Waals surface area contributed by atoms with E-state index in [-0.39, 0.29) is 0 Å². The van der Waals surface area contributed by atoms with E-state index in [1.165, 1.54) is 38.5 Å². The summed E-state index contributed by atoms with van der Waals surface area (Å²) < 4.78 is 0. The third kappa shape index (κ3) is 4.82. The molecule has 1 fully saturated rings. The zero-order valence-corrected chi connectivity index (χ0v) is 13.4. The van der Waals surface area contributed by atoms with Crippen molar-refractivity contribution in [2.24, 2.45) is 11.7 Å². The molecule has 0 aliphatic heterocycles. The molecule has 0 spiro atoms. The molecule has 122 valence electrons. The standard InChI is InChI=1S/C18H28N2O2/c1-13(11-14-7-3-2-4-8-14)20-12-15-9-5-6-10-16(15)17(19)18(21)22/h5-6,9-10,13-14,17,20H,2-4,7-8,11-12,19H2,1H3,(H,21,22). The first-order valence-electron chi connectivity index (χ1n) is 8.37. The Bertz CT molecular complexity index is 484. The minimum atomic E-state index is -0.984. The fraction of sp³-hybridized carbons (Fsp3) is 0.611. The Labute approximate surface area is 133 Å². The third-order valence-corrected chi connectivity index (χ3v) is 4.71. The van der Waals surface area contributed by atoms with Gasteiger partial charge in [0, 0.05) is 12.6 Å². The van der Waals surface area contributed by atoms with Crippen LogP contribution in [-0.4, -0.2) is 17.1 Å². The van der Waals surface area contributed by atoms with E-state index < -0.39 is 12.0 Å². The number of carboxylic acids is 1.